The molecule has 0 fully saturated rings. The molecule has 0 saturated carbocycles. The second-order valence-electron chi connectivity index (χ2n) is 2.67. The Morgan fingerprint density at radius 3 is 2.50 bits per heavy atom. The summed E-state index contributed by atoms with van der Waals surface area (Å²) in [5.74, 6) is 0. The van der Waals surface area contributed by atoms with Crippen molar-refractivity contribution in [3.8, 4) is 6.07 Å². The normalized spacial score (nSPS) is 11.5. The molecule has 0 aliphatic carbocycles. The van der Waals surface area contributed by atoms with Crippen molar-refractivity contribution >= 4 is 21.6 Å². The van der Waals surface area contributed by atoms with Crippen molar-refractivity contribution in [1.29, 1.82) is 5.26 Å². The molecule has 5 nitrogen and oxygen atoms in total. The van der Waals surface area contributed by atoms with Gasteiger partial charge in [-0.05, 0) is 6.07 Å². The zero-order chi connectivity index (χ0) is 12.5. The van der Waals surface area contributed by atoms with Crippen LogP contribution in [0.3, 0.4) is 0 Å². The minimum Gasteiger partial charge on any atom is -0.223 e. The van der Waals surface area contributed by atoms with E-state index in [0.29, 0.717) is 6.07 Å². The van der Waals surface area contributed by atoms with E-state index < -0.39 is 37.8 Å². The Morgan fingerprint density at radius 2 is 2.12 bits per heavy atom. The molecule has 0 aliphatic rings. The van der Waals surface area contributed by atoms with Gasteiger partial charge in [0.2, 0.25) is 0 Å². The van der Waals surface area contributed by atoms with E-state index in [2.05, 4.69) is 4.98 Å². The zero-order valence-corrected chi connectivity index (χ0v) is 9.06. The fourth-order valence-corrected chi connectivity index (χ4v) is 1.97. The summed E-state index contributed by atoms with van der Waals surface area (Å²) in [5.41, 5.74) is -1.46. The van der Waals surface area contributed by atoms with Crippen LogP contribution in [0.15, 0.2) is 11.1 Å². The molecule has 16 heavy (non-hydrogen) atoms. The van der Waals surface area contributed by atoms with E-state index >= 15 is 0 Å². The van der Waals surface area contributed by atoms with Crippen molar-refractivity contribution in [2.45, 2.75) is 11.5 Å². The van der Waals surface area contributed by atoms with Crippen LogP contribution in [0.1, 0.15) is 17.7 Å². The van der Waals surface area contributed by atoms with Gasteiger partial charge in [-0.1, -0.05) is 11.6 Å². The number of hydrogen-bond donors (Lipinski definition) is 1. The van der Waals surface area contributed by atoms with Crippen molar-refractivity contribution in [2.75, 3.05) is 0 Å². The standard InChI is InChI=1S/C7H4ClF2N3O2S/c8-4-1-3(6(9)10)5(2-11)13-7(4)16(12,14)15/h1,6H,(H2,12,14,15). The van der Waals surface area contributed by atoms with Crippen molar-refractivity contribution in [3.63, 3.8) is 0 Å². The maximum Gasteiger partial charge on any atom is 0.266 e. The van der Waals surface area contributed by atoms with Gasteiger partial charge >= 0.3 is 0 Å². The molecular formula is C7H4ClF2N3O2S. The number of pyridine rings is 1. The van der Waals surface area contributed by atoms with E-state index in [1.54, 1.807) is 0 Å². The number of aromatic nitrogens is 1. The third-order valence-corrected chi connectivity index (χ3v) is 2.83. The summed E-state index contributed by atoms with van der Waals surface area (Å²) in [7, 11) is -4.25. The topological polar surface area (TPSA) is 96.8 Å². The Labute approximate surface area is 94.5 Å². The lowest BCUT2D eigenvalue weighted by Crippen LogP contribution is -2.16. The minimum absolute atomic E-state index is 0.545. The van der Waals surface area contributed by atoms with Crippen LogP contribution in [0.4, 0.5) is 8.78 Å². The largest absolute Gasteiger partial charge is 0.266 e. The van der Waals surface area contributed by atoms with Gasteiger partial charge in [-0.15, -0.1) is 0 Å². The first-order chi connectivity index (χ1) is 7.27. The number of sulfonamides is 1. The molecule has 9 heteroatoms. The monoisotopic (exact) mass is 267 g/mol. The van der Waals surface area contributed by atoms with Gasteiger partial charge in [-0.3, -0.25) is 0 Å². The molecule has 0 atom stereocenters. The van der Waals surface area contributed by atoms with E-state index in [-0.39, 0.29) is 0 Å². The highest BCUT2D eigenvalue weighted by Gasteiger charge is 2.22. The summed E-state index contributed by atoms with van der Waals surface area (Å²) >= 11 is 5.42. The first-order valence-electron chi connectivity index (χ1n) is 3.69. The van der Waals surface area contributed by atoms with Crippen molar-refractivity contribution in [2.24, 2.45) is 5.14 Å². The third-order valence-electron chi connectivity index (χ3n) is 1.58. The van der Waals surface area contributed by atoms with Crippen LogP contribution in [0.25, 0.3) is 0 Å². The lowest BCUT2D eigenvalue weighted by atomic mass is 10.2. The highest BCUT2D eigenvalue weighted by atomic mass is 35.5. The number of primary sulfonamides is 1. The molecular weight excluding hydrogens is 264 g/mol. The summed E-state index contributed by atoms with van der Waals surface area (Å²) in [5, 5.41) is 11.9. The second kappa shape index (κ2) is 4.29. The van der Waals surface area contributed by atoms with Gasteiger partial charge in [0, 0.05) is 0 Å². The SMILES string of the molecule is N#Cc1nc(S(N)(=O)=O)c(Cl)cc1C(F)F. The van der Waals surface area contributed by atoms with Crippen LogP contribution in [0.5, 0.6) is 0 Å². The maximum absolute atomic E-state index is 12.4. The molecule has 0 aliphatic heterocycles. The number of hydrogen-bond acceptors (Lipinski definition) is 4. The number of halogens is 3. The van der Waals surface area contributed by atoms with Gasteiger partial charge in [0.25, 0.3) is 16.4 Å². The molecule has 1 aromatic rings. The predicted molar refractivity (Wildman–Crippen MR) is 50.3 cm³/mol. The van der Waals surface area contributed by atoms with Gasteiger partial charge in [0.15, 0.2) is 10.7 Å². The quantitative estimate of drug-likeness (QED) is 0.870. The molecule has 0 unspecified atom stereocenters. The third kappa shape index (κ3) is 2.44. The molecule has 0 bridgehead atoms. The average molecular weight is 268 g/mol. The molecule has 0 amide bonds. The summed E-state index contributed by atoms with van der Waals surface area (Å²) in [6.45, 7) is 0. The number of nitrogens with zero attached hydrogens (tertiary/aromatic N) is 2. The van der Waals surface area contributed by atoms with Crippen LogP contribution in [0, 0.1) is 11.3 Å². The second-order valence-corrected chi connectivity index (χ2v) is 4.55. The van der Waals surface area contributed by atoms with E-state index in [1.807, 2.05) is 0 Å². The van der Waals surface area contributed by atoms with Gasteiger partial charge in [0.1, 0.15) is 6.07 Å². The fourth-order valence-electron chi connectivity index (χ4n) is 0.942. The predicted octanol–water partition coefficient (Wildman–Crippen LogP) is 1.19. The maximum atomic E-state index is 12.4. The fraction of sp³-hybridized carbons (Fsp3) is 0.143. The van der Waals surface area contributed by atoms with Gasteiger partial charge in [0.05, 0.1) is 10.6 Å². The Morgan fingerprint density at radius 1 is 1.56 bits per heavy atom. The number of alkyl halides is 2. The Balaban J connectivity index is 3.58. The molecule has 0 spiro atoms. The Bertz CT molecular complexity index is 568. The minimum atomic E-state index is -4.25. The van der Waals surface area contributed by atoms with Crippen LogP contribution in [0.2, 0.25) is 5.02 Å². The molecule has 86 valence electrons. The molecule has 0 radical (unpaired) electrons. The zero-order valence-electron chi connectivity index (χ0n) is 7.49. The van der Waals surface area contributed by atoms with Crippen LogP contribution < -0.4 is 5.14 Å². The summed E-state index contributed by atoms with van der Waals surface area (Å²) in [6, 6.07) is 2.01. The number of rotatable bonds is 2. The van der Waals surface area contributed by atoms with Gasteiger partial charge in [-0.2, -0.15) is 5.26 Å². The van der Waals surface area contributed by atoms with E-state index in [9.17, 15) is 17.2 Å². The average Bonchev–Trinajstić information content (AvgIpc) is 2.15. The molecule has 1 aromatic heterocycles. The highest BCUT2D eigenvalue weighted by molar-refractivity contribution is 7.89. The summed E-state index contributed by atoms with van der Waals surface area (Å²) in [6.07, 6.45) is -2.98. The smallest absolute Gasteiger partial charge is 0.223 e. The van der Waals surface area contributed by atoms with Crippen molar-refractivity contribution in [3.05, 3.63) is 22.3 Å². The van der Waals surface area contributed by atoms with Crippen molar-refractivity contribution in [1.82, 2.24) is 4.98 Å². The molecule has 0 saturated heterocycles. The Kier molecular flexibility index (Phi) is 3.42. The Hall–Kier alpha value is -1.30. The van der Waals surface area contributed by atoms with Crippen LogP contribution in [-0.4, -0.2) is 13.4 Å². The highest BCUT2D eigenvalue weighted by Crippen LogP contribution is 2.27. The first kappa shape index (κ1) is 12.8. The molecule has 1 rings (SSSR count). The number of nitriles is 1. The summed E-state index contributed by atoms with van der Waals surface area (Å²) in [4.78, 5) is 3.20. The lowest BCUT2D eigenvalue weighted by molar-refractivity contribution is 0.150. The summed E-state index contributed by atoms with van der Waals surface area (Å²) < 4.78 is 46.7. The first-order valence-corrected chi connectivity index (χ1v) is 5.61. The van der Waals surface area contributed by atoms with E-state index in [0.717, 1.165) is 0 Å². The van der Waals surface area contributed by atoms with E-state index in [1.165, 1.54) is 6.07 Å². The van der Waals surface area contributed by atoms with Crippen molar-refractivity contribution < 1.29 is 17.2 Å². The lowest BCUT2D eigenvalue weighted by Gasteiger charge is -2.06. The van der Waals surface area contributed by atoms with Crippen LogP contribution in [-0.2, 0) is 10.0 Å². The van der Waals surface area contributed by atoms with E-state index in [4.69, 9.17) is 22.0 Å². The molecule has 1 heterocycles. The molecule has 0 aromatic carbocycles. The van der Waals surface area contributed by atoms with Crippen LogP contribution >= 0.6 is 11.6 Å². The van der Waals surface area contributed by atoms with Gasteiger partial charge in [-0.25, -0.2) is 27.3 Å². The number of nitrogens with two attached hydrogens (primary N) is 1. The molecule has 2 N–H and O–H groups in total. The van der Waals surface area contributed by atoms with Gasteiger partial charge < -0.3 is 0 Å².